The van der Waals surface area contributed by atoms with Gasteiger partial charge in [0.1, 0.15) is 6.04 Å². The Kier molecular flexibility index (Phi) is 3.61. The van der Waals surface area contributed by atoms with Crippen LogP contribution in [0, 0.1) is 0 Å². The molecule has 6 heteroatoms. The first-order valence-corrected chi connectivity index (χ1v) is 6.17. The Hall–Kier alpha value is -0.590. The van der Waals surface area contributed by atoms with Crippen molar-refractivity contribution in [3.63, 3.8) is 0 Å². The number of aromatic nitrogens is 2. The van der Waals surface area contributed by atoms with Gasteiger partial charge in [0.15, 0.2) is 5.82 Å². The zero-order chi connectivity index (χ0) is 10.7. The minimum atomic E-state index is -0.556. The maximum absolute atomic E-state index is 8.85. The average molecular weight is 229 g/mol. The van der Waals surface area contributed by atoms with Gasteiger partial charge in [-0.2, -0.15) is 16.7 Å². The summed E-state index contributed by atoms with van der Waals surface area (Å²) in [6, 6.07) is -0.556. The van der Waals surface area contributed by atoms with E-state index in [0.29, 0.717) is 11.1 Å². The molecule has 15 heavy (non-hydrogen) atoms. The van der Waals surface area contributed by atoms with Gasteiger partial charge in [-0.1, -0.05) is 11.6 Å². The molecule has 84 valence electrons. The third kappa shape index (κ3) is 2.50. The maximum Gasteiger partial charge on any atom is 0.245 e. The summed E-state index contributed by atoms with van der Waals surface area (Å²) < 4.78 is 5.01. The van der Waals surface area contributed by atoms with Crippen molar-refractivity contribution in [3.8, 4) is 0 Å². The molecule has 1 fully saturated rings. The van der Waals surface area contributed by atoms with Crippen LogP contribution in [-0.4, -0.2) is 27.6 Å². The van der Waals surface area contributed by atoms with Crippen LogP contribution in [0.15, 0.2) is 4.52 Å². The number of hydrogen-bond donors (Lipinski definition) is 2. The van der Waals surface area contributed by atoms with Gasteiger partial charge in [0, 0.05) is 0 Å². The molecule has 2 unspecified atom stereocenters. The fourth-order valence-corrected chi connectivity index (χ4v) is 2.78. The summed E-state index contributed by atoms with van der Waals surface area (Å²) in [5.74, 6) is 2.21. The van der Waals surface area contributed by atoms with E-state index in [4.69, 9.17) is 15.4 Å². The standard InChI is InChI=1S/C9H15N3O2S/c10-6(5-13)9-11-8(12-14-9)7-3-1-2-4-15-7/h6-7,13H,1-5,10H2. The molecule has 5 nitrogen and oxygen atoms in total. The van der Waals surface area contributed by atoms with Gasteiger partial charge in [0.2, 0.25) is 5.89 Å². The topological polar surface area (TPSA) is 85.2 Å². The Morgan fingerprint density at radius 1 is 1.60 bits per heavy atom. The number of nitrogens with two attached hydrogens (primary N) is 1. The predicted molar refractivity (Wildman–Crippen MR) is 57.4 cm³/mol. The normalized spacial score (nSPS) is 24.0. The summed E-state index contributed by atoms with van der Waals surface area (Å²) in [5.41, 5.74) is 5.58. The van der Waals surface area contributed by atoms with Crippen LogP contribution in [0.4, 0.5) is 0 Å². The Bertz CT molecular complexity index is 312. The van der Waals surface area contributed by atoms with E-state index in [1.54, 1.807) is 0 Å². The molecular weight excluding hydrogens is 214 g/mol. The molecule has 2 heterocycles. The first-order valence-electron chi connectivity index (χ1n) is 5.13. The van der Waals surface area contributed by atoms with E-state index in [0.717, 1.165) is 18.0 Å². The summed E-state index contributed by atoms with van der Waals surface area (Å²) in [7, 11) is 0. The zero-order valence-electron chi connectivity index (χ0n) is 8.43. The van der Waals surface area contributed by atoms with Crippen LogP contribution in [0.25, 0.3) is 0 Å². The van der Waals surface area contributed by atoms with Crippen LogP contribution in [0.5, 0.6) is 0 Å². The Morgan fingerprint density at radius 2 is 2.47 bits per heavy atom. The molecule has 0 amide bonds. The highest BCUT2D eigenvalue weighted by molar-refractivity contribution is 7.99. The average Bonchev–Trinajstić information content (AvgIpc) is 2.78. The van der Waals surface area contributed by atoms with Crippen LogP contribution in [-0.2, 0) is 0 Å². The van der Waals surface area contributed by atoms with E-state index in [-0.39, 0.29) is 6.61 Å². The van der Waals surface area contributed by atoms with E-state index in [1.807, 2.05) is 11.8 Å². The molecule has 2 atom stereocenters. The lowest BCUT2D eigenvalue weighted by atomic mass is 10.2. The number of aliphatic hydroxyl groups is 1. The molecule has 1 saturated heterocycles. The van der Waals surface area contributed by atoms with Gasteiger partial charge in [0.05, 0.1) is 11.9 Å². The molecule has 3 N–H and O–H groups in total. The summed E-state index contributed by atoms with van der Waals surface area (Å²) in [6.45, 7) is -0.167. The highest BCUT2D eigenvalue weighted by Crippen LogP contribution is 2.36. The second kappa shape index (κ2) is 4.96. The lowest BCUT2D eigenvalue weighted by Crippen LogP contribution is -2.15. The highest BCUT2D eigenvalue weighted by Gasteiger charge is 2.22. The van der Waals surface area contributed by atoms with Crippen molar-refractivity contribution in [2.45, 2.75) is 30.6 Å². The Balaban J connectivity index is 2.05. The zero-order valence-corrected chi connectivity index (χ0v) is 9.24. The lowest BCUT2D eigenvalue weighted by Gasteiger charge is -2.17. The summed E-state index contributed by atoms with van der Waals surface area (Å²) >= 11 is 1.86. The van der Waals surface area contributed by atoms with Gasteiger partial charge in [0.25, 0.3) is 0 Å². The largest absolute Gasteiger partial charge is 0.394 e. The molecule has 0 saturated carbocycles. The van der Waals surface area contributed by atoms with Crippen molar-refractivity contribution < 1.29 is 9.63 Å². The molecule has 0 spiro atoms. The van der Waals surface area contributed by atoms with Crippen molar-refractivity contribution in [3.05, 3.63) is 11.7 Å². The van der Waals surface area contributed by atoms with E-state index in [1.165, 1.54) is 12.8 Å². The quantitative estimate of drug-likeness (QED) is 0.805. The van der Waals surface area contributed by atoms with Crippen molar-refractivity contribution in [1.29, 1.82) is 0 Å². The van der Waals surface area contributed by atoms with Crippen LogP contribution in [0.1, 0.15) is 42.3 Å². The molecule has 0 aromatic carbocycles. The number of hydrogen-bond acceptors (Lipinski definition) is 6. The number of rotatable bonds is 3. The smallest absolute Gasteiger partial charge is 0.245 e. The van der Waals surface area contributed by atoms with Crippen LogP contribution >= 0.6 is 11.8 Å². The predicted octanol–water partition coefficient (Wildman–Crippen LogP) is 1.02. The van der Waals surface area contributed by atoms with E-state index in [9.17, 15) is 0 Å². The summed E-state index contributed by atoms with van der Waals surface area (Å²) in [6.07, 6.45) is 3.58. The van der Waals surface area contributed by atoms with Crippen molar-refractivity contribution in [1.82, 2.24) is 10.1 Å². The van der Waals surface area contributed by atoms with E-state index in [2.05, 4.69) is 10.1 Å². The molecule has 0 aliphatic carbocycles. The molecule has 1 aliphatic rings. The van der Waals surface area contributed by atoms with E-state index < -0.39 is 6.04 Å². The molecule has 1 aromatic heterocycles. The molecule has 1 aromatic rings. The lowest BCUT2D eigenvalue weighted by molar-refractivity contribution is 0.236. The molecule has 1 aliphatic heterocycles. The second-order valence-electron chi connectivity index (χ2n) is 3.64. The third-order valence-corrected chi connectivity index (χ3v) is 3.81. The van der Waals surface area contributed by atoms with Crippen molar-refractivity contribution in [2.24, 2.45) is 5.73 Å². The molecule has 0 bridgehead atoms. The first-order chi connectivity index (χ1) is 7.31. The van der Waals surface area contributed by atoms with Gasteiger partial charge >= 0.3 is 0 Å². The second-order valence-corrected chi connectivity index (χ2v) is 4.95. The van der Waals surface area contributed by atoms with Crippen LogP contribution < -0.4 is 5.73 Å². The fourth-order valence-electron chi connectivity index (χ4n) is 1.55. The van der Waals surface area contributed by atoms with Gasteiger partial charge in [-0.25, -0.2) is 0 Å². The minimum Gasteiger partial charge on any atom is -0.394 e. The van der Waals surface area contributed by atoms with Crippen molar-refractivity contribution in [2.75, 3.05) is 12.4 Å². The summed E-state index contributed by atoms with van der Waals surface area (Å²) in [5, 5.41) is 13.1. The van der Waals surface area contributed by atoms with E-state index >= 15 is 0 Å². The SMILES string of the molecule is NC(CO)c1nc(C2CCCCS2)no1. The van der Waals surface area contributed by atoms with Gasteiger partial charge in [-0.3, -0.25) is 0 Å². The van der Waals surface area contributed by atoms with Gasteiger partial charge in [-0.15, -0.1) is 0 Å². The maximum atomic E-state index is 8.85. The monoisotopic (exact) mass is 229 g/mol. The van der Waals surface area contributed by atoms with Gasteiger partial charge < -0.3 is 15.4 Å². The Morgan fingerprint density at radius 3 is 3.13 bits per heavy atom. The Labute approximate surface area is 92.4 Å². The third-order valence-electron chi connectivity index (χ3n) is 2.44. The minimum absolute atomic E-state index is 0.167. The number of aliphatic hydroxyl groups excluding tert-OH is 1. The van der Waals surface area contributed by atoms with Crippen LogP contribution in [0.2, 0.25) is 0 Å². The number of thioether (sulfide) groups is 1. The van der Waals surface area contributed by atoms with Crippen LogP contribution in [0.3, 0.4) is 0 Å². The van der Waals surface area contributed by atoms with Crippen molar-refractivity contribution >= 4 is 11.8 Å². The fraction of sp³-hybridized carbons (Fsp3) is 0.778. The number of nitrogens with zero attached hydrogens (tertiary/aromatic N) is 2. The molecule has 0 radical (unpaired) electrons. The first kappa shape index (κ1) is 10.9. The van der Waals surface area contributed by atoms with Gasteiger partial charge in [-0.05, 0) is 18.6 Å². The molecular formula is C9H15N3O2S. The molecule has 2 rings (SSSR count). The summed E-state index contributed by atoms with van der Waals surface area (Å²) in [4.78, 5) is 4.22. The highest BCUT2D eigenvalue weighted by atomic mass is 32.2.